The molecule has 4 rings (SSSR count). The molecule has 27 heavy (non-hydrogen) atoms. The van der Waals surface area contributed by atoms with Crippen molar-refractivity contribution in [2.45, 2.75) is 46.8 Å². The summed E-state index contributed by atoms with van der Waals surface area (Å²) in [6, 6.07) is 3.73. The lowest BCUT2D eigenvalue weighted by atomic mass is 10.0. The van der Waals surface area contributed by atoms with Crippen molar-refractivity contribution in [3.63, 3.8) is 0 Å². The van der Waals surface area contributed by atoms with Crippen LogP contribution < -0.4 is 0 Å². The zero-order chi connectivity index (χ0) is 19.3. The molecule has 0 saturated carbocycles. The van der Waals surface area contributed by atoms with E-state index in [0.717, 1.165) is 17.1 Å². The topological polar surface area (TPSA) is 81.6 Å². The monoisotopic (exact) mass is 369 g/mol. The van der Waals surface area contributed by atoms with Crippen molar-refractivity contribution in [1.82, 2.24) is 15.0 Å². The Hall–Kier alpha value is -2.67. The third-order valence-corrected chi connectivity index (χ3v) is 4.87. The number of rotatable bonds is 2. The van der Waals surface area contributed by atoms with Gasteiger partial charge in [-0.3, -0.25) is 4.79 Å². The van der Waals surface area contributed by atoms with Gasteiger partial charge in [0.05, 0.1) is 34.5 Å². The maximum absolute atomic E-state index is 13.4. The molecule has 0 aromatic carbocycles. The molecule has 0 N–H and O–H groups in total. The van der Waals surface area contributed by atoms with Crippen molar-refractivity contribution in [2.24, 2.45) is 0 Å². The molecule has 142 valence electrons. The average Bonchev–Trinajstić information content (AvgIpc) is 3.14. The fourth-order valence-corrected chi connectivity index (χ4v) is 3.80. The largest absolute Gasteiger partial charge is 0.466 e. The lowest BCUT2D eigenvalue weighted by Gasteiger charge is -2.35. The number of aromatic nitrogens is 2. The maximum atomic E-state index is 13.4. The molecular weight excluding hydrogens is 346 g/mol. The Bertz CT molecular complexity index is 1010. The van der Waals surface area contributed by atoms with Gasteiger partial charge in [-0.1, -0.05) is 5.16 Å². The lowest BCUT2D eigenvalue weighted by Crippen LogP contribution is -2.48. The lowest BCUT2D eigenvalue weighted by molar-refractivity contribution is -0.0585. The Morgan fingerprint density at radius 3 is 2.48 bits per heavy atom. The van der Waals surface area contributed by atoms with Crippen LogP contribution >= 0.6 is 0 Å². The molecule has 1 fully saturated rings. The highest BCUT2D eigenvalue weighted by atomic mass is 16.5. The van der Waals surface area contributed by atoms with E-state index >= 15 is 0 Å². The molecule has 0 bridgehead atoms. The van der Waals surface area contributed by atoms with E-state index in [0.29, 0.717) is 41.1 Å². The highest BCUT2D eigenvalue weighted by Crippen LogP contribution is 2.31. The van der Waals surface area contributed by atoms with Gasteiger partial charge in [0.2, 0.25) is 0 Å². The van der Waals surface area contributed by atoms with Gasteiger partial charge in [-0.15, -0.1) is 0 Å². The molecule has 0 radical (unpaired) electrons. The maximum Gasteiger partial charge on any atom is 0.259 e. The van der Waals surface area contributed by atoms with Crippen molar-refractivity contribution in [1.29, 1.82) is 0 Å². The summed E-state index contributed by atoms with van der Waals surface area (Å²) in [6.45, 7) is 10.6. The second-order valence-electron chi connectivity index (χ2n) is 7.30. The van der Waals surface area contributed by atoms with Crippen LogP contribution in [0.5, 0.6) is 0 Å². The summed E-state index contributed by atoms with van der Waals surface area (Å²) in [5.74, 6) is 1.49. The molecule has 2 atom stereocenters. The summed E-state index contributed by atoms with van der Waals surface area (Å²) in [6.07, 6.45) is -0.00586. The van der Waals surface area contributed by atoms with Gasteiger partial charge < -0.3 is 18.6 Å². The number of aryl methyl sites for hydroxylation is 3. The van der Waals surface area contributed by atoms with Crippen molar-refractivity contribution in [3.8, 4) is 11.3 Å². The number of furan rings is 1. The van der Waals surface area contributed by atoms with E-state index < -0.39 is 0 Å². The van der Waals surface area contributed by atoms with Crippen LogP contribution in [-0.4, -0.2) is 46.2 Å². The fraction of sp³-hybridized carbons (Fsp3) is 0.450. The predicted octanol–water partition coefficient (Wildman–Crippen LogP) is 3.66. The Balaban J connectivity index is 1.84. The molecule has 7 heteroatoms. The minimum atomic E-state index is -0.0604. The van der Waals surface area contributed by atoms with Gasteiger partial charge >= 0.3 is 0 Å². The number of morpholine rings is 1. The van der Waals surface area contributed by atoms with Crippen LogP contribution in [0.25, 0.3) is 22.4 Å². The average molecular weight is 369 g/mol. The second kappa shape index (κ2) is 6.49. The van der Waals surface area contributed by atoms with Gasteiger partial charge in [-0.25, -0.2) is 4.98 Å². The minimum absolute atomic E-state index is 0.00293. The van der Waals surface area contributed by atoms with Crippen molar-refractivity contribution >= 4 is 17.0 Å². The summed E-state index contributed by atoms with van der Waals surface area (Å²) < 4.78 is 16.8. The third-order valence-electron chi connectivity index (χ3n) is 4.87. The van der Waals surface area contributed by atoms with E-state index in [1.807, 2.05) is 51.7 Å². The van der Waals surface area contributed by atoms with E-state index in [-0.39, 0.29) is 18.1 Å². The molecule has 7 nitrogen and oxygen atoms in total. The third kappa shape index (κ3) is 3.12. The number of pyridine rings is 1. The van der Waals surface area contributed by atoms with Gasteiger partial charge in [0, 0.05) is 18.7 Å². The zero-order valence-corrected chi connectivity index (χ0v) is 16.2. The van der Waals surface area contributed by atoms with E-state index in [4.69, 9.17) is 13.7 Å². The van der Waals surface area contributed by atoms with Crippen LogP contribution in [0.4, 0.5) is 0 Å². The summed E-state index contributed by atoms with van der Waals surface area (Å²) in [7, 11) is 0. The van der Waals surface area contributed by atoms with Gasteiger partial charge in [0.15, 0.2) is 0 Å². The summed E-state index contributed by atoms with van der Waals surface area (Å²) in [4.78, 5) is 19.8. The summed E-state index contributed by atoms with van der Waals surface area (Å²) in [5, 5.41) is 4.68. The Morgan fingerprint density at radius 1 is 1.15 bits per heavy atom. The first-order chi connectivity index (χ1) is 12.8. The quantitative estimate of drug-likeness (QED) is 0.686. The van der Waals surface area contributed by atoms with Gasteiger partial charge in [-0.05, 0) is 46.8 Å². The van der Waals surface area contributed by atoms with E-state index in [2.05, 4.69) is 10.1 Å². The number of carbonyl (C=O) groups is 1. The number of hydrogen-bond donors (Lipinski definition) is 0. The van der Waals surface area contributed by atoms with Gasteiger partial charge in [0.25, 0.3) is 11.6 Å². The molecule has 3 aromatic rings. The Labute approximate surface area is 157 Å². The number of fused-ring (bicyclic) bond motifs is 1. The standard InChI is InChI=1S/C20H23N3O4/c1-10-6-15(14(5)26-10)17-7-16(18-13(4)22-27-19(18)21-17)20(24)23-8-11(2)25-12(3)9-23/h6-7,11-12H,8-9H2,1-5H3/t11-,12-/m1/s1. The number of ether oxygens (including phenoxy) is 1. The highest BCUT2D eigenvalue weighted by Gasteiger charge is 2.29. The second-order valence-corrected chi connectivity index (χ2v) is 7.30. The summed E-state index contributed by atoms with van der Waals surface area (Å²) >= 11 is 0. The number of hydrogen-bond acceptors (Lipinski definition) is 6. The fourth-order valence-electron chi connectivity index (χ4n) is 3.80. The molecule has 0 aliphatic carbocycles. The molecule has 1 amide bonds. The van der Waals surface area contributed by atoms with Crippen molar-refractivity contribution in [2.75, 3.05) is 13.1 Å². The molecule has 4 heterocycles. The van der Waals surface area contributed by atoms with E-state index in [1.54, 1.807) is 0 Å². The van der Waals surface area contributed by atoms with Crippen LogP contribution in [0.3, 0.4) is 0 Å². The highest BCUT2D eigenvalue weighted by molar-refractivity contribution is 6.07. The summed E-state index contributed by atoms with van der Waals surface area (Å²) in [5.41, 5.74) is 3.06. The predicted molar refractivity (Wildman–Crippen MR) is 99.6 cm³/mol. The molecule has 1 aliphatic heterocycles. The van der Waals surface area contributed by atoms with Crippen LogP contribution in [0.1, 0.15) is 41.4 Å². The number of nitrogens with zero attached hydrogens (tertiary/aromatic N) is 3. The molecule has 0 spiro atoms. The number of amides is 1. The van der Waals surface area contributed by atoms with Crippen LogP contribution in [0.2, 0.25) is 0 Å². The smallest absolute Gasteiger partial charge is 0.259 e. The van der Waals surface area contributed by atoms with E-state index in [9.17, 15) is 4.79 Å². The minimum Gasteiger partial charge on any atom is -0.466 e. The first kappa shape index (κ1) is 17.7. The molecule has 1 aliphatic rings. The Morgan fingerprint density at radius 2 is 1.85 bits per heavy atom. The van der Waals surface area contributed by atoms with Crippen LogP contribution in [0, 0.1) is 20.8 Å². The van der Waals surface area contributed by atoms with E-state index in [1.165, 1.54) is 0 Å². The van der Waals surface area contributed by atoms with Crippen molar-refractivity contribution in [3.05, 3.63) is 34.9 Å². The van der Waals surface area contributed by atoms with Crippen molar-refractivity contribution < 1.29 is 18.5 Å². The first-order valence-electron chi connectivity index (χ1n) is 9.12. The van der Waals surface area contributed by atoms with Gasteiger partial charge in [-0.2, -0.15) is 0 Å². The molecular formula is C20H23N3O4. The van der Waals surface area contributed by atoms with Crippen LogP contribution in [0.15, 0.2) is 21.1 Å². The number of carbonyl (C=O) groups excluding carboxylic acids is 1. The molecule has 1 saturated heterocycles. The molecule has 3 aromatic heterocycles. The molecule has 0 unspecified atom stereocenters. The van der Waals surface area contributed by atoms with Crippen LogP contribution in [-0.2, 0) is 4.74 Å². The normalized spacial score (nSPS) is 20.4. The first-order valence-corrected chi connectivity index (χ1v) is 9.12. The SMILES string of the molecule is Cc1cc(-c2cc(C(=O)N3C[C@@H](C)O[C@H](C)C3)c3c(C)noc3n2)c(C)o1. The Kier molecular flexibility index (Phi) is 4.26. The zero-order valence-electron chi connectivity index (χ0n) is 16.2. The van der Waals surface area contributed by atoms with Gasteiger partial charge in [0.1, 0.15) is 11.5 Å².